The molecule has 1 heterocycles. The van der Waals surface area contributed by atoms with E-state index in [4.69, 9.17) is 50.7 Å². The van der Waals surface area contributed by atoms with E-state index in [-0.39, 0.29) is 45.2 Å². The van der Waals surface area contributed by atoms with Gasteiger partial charge in [0.05, 0.1) is 35.0 Å². The minimum absolute atomic E-state index is 0.0289. The number of anilines is 1. The first-order valence-corrected chi connectivity index (χ1v) is 11.7. The van der Waals surface area contributed by atoms with E-state index in [1.807, 2.05) is 0 Å². The number of hydrogen-bond donors (Lipinski definition) is 0. The highest BCUT2D eigenvalue weighted by Gasteiger charge is 2.30. The molecule has 2 aromatic rings. The third kappa shape index (κ3) is 6.34. The van der Waals surface area contributed by atoms with Crippen molar-refractivity contribution >= 4 is 58.3 Å². The van der Waals surface area contributed by atoms with Gasteiger partial charge in [0.15, 0.2) is 6.61 Å². The van der Waals surface area contributed by atoms with Gasteiger partial charge < -0.3 is 14.4 Å². The van der Waals surface area contributed by atoms with Crippen LogP contribution in [0.15, 0.2) is 41.6 Å². The number of nitrogens with zero attached hydrogens (tertiary/aromatic N) is 2. The highest BCUT2D eigenvalue weighted by Crippen LogP contribution is 2.36. The summed E-state index contributed by atoms with van der Waals surface area (Å²) in [5.74, 6) is 0.466. The van der Waals surface area contributed by atoms with Crippen LogP contribution in [0.5, 0.6) is 0 Å². The molecule has 1 aromatic heterocycles. The van der Waals surface area contributed by atoms with Crippen molar-refractivity contribution in [1.82, 2.24) is 4.98 Å². The predicted octanol–water partition coefficient (Wildman–Crippen LogP) is 5.41. The molecule has 182 valence electrons. The molecule has 35 heavy (non-hydrogen) atoms. The van der Waals surface area contributed by atoms with Crippen LogP contribution in [-0.2, 0) is 25.6 Å². The monoisotopic (exact) mass is 534 g/mol. The largest absolute Gasteiger partial charge is 0.465 e. The summed E-state index contributed by atoms with van der Waals surface area (Å²) in [5, 5.41) is 0.491. The summed E-state index contributed by atoms with van der Waals surface area (Å²) in [6.07, 6.45) is 8.91. The Bertz CT molecular complexity index is 1220. The molecule has 1 aromatic carbocycles. The second-order valence-corrected chi connectivity index (χ2v) is 8.80. The van der Waals surface area contributed by atoms with Gasteiger partial charge in [-0.1, -0.05) is 46.8 Å². The highest BCUT2D eigenvalue weighted by atomic mass is 35.5. The first-order valence-electron chi connectivity index (χ1n) is 10.6. The average Bonchev–Trinajstić information content (AvgIpc) is 2.86. The molecule has 0 spiro atoms. The number of terminal acetylenes is 1. The maximum Gasteiger partial charge on any atom is 0.339 e. The molecule has 0 aliphatic heterocycles. The Morgan fingerprint density at radius 2 is 1.77 bits per heavy atom. The van der Waals surface area contributed by atoms with Crippen LogP contribution < -0.4 is 4.90 Å². The average molecular weight is 536 g/mol. The van der Waals surface area contributed by atoms with Gasteiger partial charge in [-0.25, -0.2) is 14.6 Å². The van der Waals surface area contributed by atoms with Crippen molar-refractivity contribution in [2.24, 2.45) is 0 Å². The van der Waals surface area contributed by atoms with Gasteiger partial charge in [-0.15, -0.1) is 6.42 Å². The first-order chi connectivity index (χ1) is 16.8. The quantitative estimate of drug-likeness (QED) is 0.268. The fourth-order valence-electron chi connectivity index (χ4n) is 3.68. The van der Waals surface area contributed by atoms with Crippen molar-refractivity contribution in [3.63, 3.8) is 0 Å². The van der Waals surface area contributed by atoms with E-state index >= 15 is 0 Å². The summed E-state index contributed by atoms with van der Waals surface area (Å²) in [6.45, 7) is -0.170. The number of rotatable bonds is 7. The number of carbonyl (C=O) groups is 3. The highest BCUT2D eigenvalue weighted by molar-refractivity contribution is 6.38. The van der Waals surface area contributed by atoms with Crippen LogP contribution >= 0.6 is 34.8 Å². The summed E-state index contributed by atoms with van der Waals surface area (Å²) in [4.78, 5) is 44.3. The van der Waals surface area contributed by atoms with Gasteiger partial charge in [0, 0.05) is 17.3 Å². The number of carbonyl (C=O) groups excluding carboxylic acids is 3. The third-order valence-electron chi connectivity index (χ3n) is 5.37. The summed E-state index contributed by atoms with van der Waals surface area (Å²) < 4.78 is 9.90. The Hall–Kier alpha value is -3.05. The maximum atomic E-state index is 13.9. The molecule has 0 atom stereocenters. The van der Waals surface area contributed by atoms with Crippen molar-refractivity contribution < 1.29 is 23.9 Å². The molecule has 0 unspecified atom stereocenters. The second kappa shape index (κ2) is 12.1. The number of amides is 1. The van der Waals surface area contributed by atoms with E-state index in [2.05, 4.69) is 10.9 Å². The zero-order chi connectivity index (χ0) is 25.5. The van der Waals surface area contributed by atoms with Crippen molar-refractivity contribution in [2.75, 3.05) is 18.6 Å². The van der Waals surface area contributed by atoms with E-state index in [9.17, 15) is 14.4 Å². The summed E-state index contributed by atoms with van der Waals surface area (Å²) in [5.41, 5.74) is 1.46. The van der Waals surface area contributed by atoms with Crippen molar-refractivity contribution in [3.8, 4) is 12.3 Å². The molecule has 0 N–H and O–H groups in total. The lowest BCUT2D eigenvalue weighted by molar-refractivity contribution is -0.138. The van der Waals surface area contributed by atoms with Crippen molar-refractivity contribution in [3.05, 3.63) is 67.9 Å². The fraction of sp³-hybridized carbons (Fsp3) is 0.280. The van der Waals surface area contributed by atoms with Crippen molar-refractivity contribution in [2.45, 2.75) is 32.2 Å². The summed E-state index contributed by atoms with van der Waals surface area (Å²) in [7, 11) is 1.22. The minimum Gasteiger partial charge on any atom is -0.465 e. The molecule has 1 amide bonds. The van der Waals surface area contributed by atoms with E-state index in [1.165, 1.54) is 30.3 Å². The number of ether oxygens (including phenoxy) is 2. The number of hydrogen-bond acceptors (Lipinski definition) is 6. The predicted molar refractivity (Wildman–Crippen MR) is 134 cm³/mol. The molecule has 1 aliphatic rings. The van der Waals surface area contributed by atoms with Crippen LogP contribution in [0.4, 0.5) is 5.69 Å². The molecule has 3 rings (SSSR count). The smallest absolute Gasteiger partial charge is 0.339 e. The van der Waals surface area contributed by atoms with Crippen LogP contribution in [0.1, 0.15) is 41.6 Å². The minimum atomic E-state index is -0.691. The molecule has 7 nitrogen and oxygen atoms in total. The van der Waals surface area contributed by atoms with Gasteiger partial charge in [0.1, 0.15) is 5.15 Å². The summed E-state index contributed by atoms with van der Waals surface area (Å²) in [6, 6.07) is 6.04. The van der Waals surface area contributed by atoms with Crippen LogP contribution in [0, 0.1) is 12.3 Å². The zero-order valence-corrected chi connectivity index (χ0v) is 21.0. The van der Waals surface area contributed by atoms with Crippen LogP contribution in [0.3, 0.4) is 0 Å². The van der Waals surface area contributed by atoms with Gasteiger partial charge in [0.2, 0.25) is 0 Å². The Labute approximate surface area is 218 Å². The zero-order valence-electron chi connectivity index (χ0n) is 18.8. The van der Waals surface area contributed by atoms with Gasteiger partial charge in [-0.3, -0.25) is 4.79 Å². The van der Waals surface area contributed by atoms with Gasteiger partial charge >= 0.3 is 11.9 Å². The lowest BCUT2D eigenvalue weighted by atomic mass is 9.90. The van der Waals surface area contributed by atoms with Crippen molar-refractivity contribution in [1.29, 1.82) is 0 Å². The SMILES string of the molecule is C#CCOC(=O)C1=C(C(=O)N(Cc2ccc(Cl)nc2)c2cc(C(=O)OC)c(Cl)cc2Cl)CCCC1. The Morgan fingerprint density at radius 1 is 1.06 bits per heavy atom. The van der Waals surface area contributed by atoms with Crippen LogP contribution in [0.25, 0.3) is 0 Å². The van der Waals surface area contributed by atoms with E-state index in [0.29, 0.717) is 30.4 Å². The molecule has 0 saturated carbocycles. The van der Waals surface area contributed by atoms with Crippen LogP contribution in [-0.4, -0.2) is 36.5 Å². The van der Waals surface area contributed by atoms with E-state index in [0.717, 1.165) is 6.42 Å². The number of methoxy groups -OCH3 is 1. The molecule has 0 saturated heterocycles. The first kappa shape index (κ1) is 26.6. The lowest BCUT2D eigenvalue weighted by Crippen LogP contribution is -2.34. The van der Waals surface area contributed by atoms with Crippen LogP contribution in [0.2, 0.25) is 15.2 Å². The number of benzene rings is 1. The number of halogens is 3. The molecular formula is C25H21Cl3N2O5. The molecule has 0 radical (unpaired) electrons. The van der Waals surface area contributed by atoms with E-state index < -0.39 is 17.8 Å². The Kier molecular flexibility index (Phi) is 9.16. The standard InChI is InChI=1S/C25H21Cl3N2O5/c1-3-10-35-25(33)17-7-5-4-6-16(17)23(31)30(14-15-8-9-22(28)29-13-15)21-11-18(24(32)34-2)19(26)12-20(21)27/h1,8-9,11-13H,4-7,10,14H2,2H3. The van der Waals surface area contributed by atoms with Gasteiger partial charge in [-0.05, 0) is 49.4 Å². The van der Waals surface area contributed by atoms with Gasteiger partial charge in [-0.2, -0.15) is 0 Å². The molecular weight excluding hydrogens is 515 g/mol. The fourth-order valence-corrected chi connectivity index (χ4v) is 4.36. The molecule has 0 bridgehead atoms. The number of pyridine rings is 1. The van der Waals surface area contributed by atoms with E-state index in [1.54, 1.807) is 12.1 Å². The second-order valence-electron chi connectivity index (χ2n) is 7.60. The van der Waals surface area contributed by atoms with Gasteiger partial charge in [0.25, 0.3) is 5.91 Å². The molecule has 10 heteroatoms. The molecule has 1 aliphatic carbocycles. The lowest BCUT2D eigenvalue weighted by Gasteiger charge is -2.28. The third-order valence-corrected chi connectivity index (χ3v) is 6.21. The number of esters is 2. The Morgan fingerprint density at radius 3 is 2.40 bits per heavy atom. The molecule has 0 fully saturated rings. The maximum absolute atomic E-state index is 13.9. The number of aromatic nitrogens is 1. The topological polar surface area (TPSA) is 85.8 Å². The normalized spacial score (nSPS) is 13.1. The summed E-state index contributed by atoms with van der Waals surface area (Å²) >= 11 is 18.6. The Balaban J connectivity index is 2.13.